The van der Waals surface area contributed by atoms with E-state index in [9.17, 15) is 9.59 Å². The van der Waals surface area contributed by atoms with Gasteiger partial charge in [0.15, 0.2) is 0 Å². The molecule has 144 valence electrons. The molecule has 0 saturated carbocycles. The summed E-state index contributed by atoms with van der Waals surface area (Å²) < 4.78 is 0. The van der Waals surface area contributed by atoms with Gasteiger partial charge in [-0.3, -0.25) is 9.59 Å². The van der Waals surface area contributed by atoms with Crippen molar-refractivity contribution < 1.29 is 9.59 Å². The number of nitrogens with one attached hydrogen (secondary N) is 1. The second-order valence-electron chi connectivity index (χ2n) is 6.40. The number of thioether (sulfide) groups is 1. The first-order chi connectivity index (χ1) is 12.5. The minimum absolute atomic E-state index is 0. The monoisotopic (exact) mass is 405 g/mol. The van der Waals surface area contributed by atoms with E-state index in [1.807, 2.05) is 54.3 Å². The van der Waals surface area contributed by atoms with Crippen LogP contribution in [0, 0.1) is 0 Å². The van der Waals surface area contributed by atoms with Gasteiger partial charge in [-0.1, -0.05) is 6.07 Å². The number of carbonyl (C=O) groups is 2. The molecule has 1 aliphatic rings. The average Bonchev–Trinajstić information content (AvgIpc) is 2.62. The molecule has 0 radical (unpaired) electrons. The lowest BCUT2D eigenvalue weighted by Gasteiger charge is -2.32. The van der Waals surface area contributed by atoms with Crippen molar-refractivity contribution in [2.24, 2.45) is 0 Å². The minimum atomic E-state index is -0.214. The van der Waals surface area contributed by atoms with Crippen molar-refractivity contribution in [3.63, 3.8) is 0 Å². The summed E-state index contributed by atoms with van der Waals surface area (Å²) in [5.74, 6) is -0.00975. The van der Waals surface area contributed by atoms with E-state index in [4.69, 9.17) is 5.73 Å². The highest BCUT2D eigenvalue weighted by Gasteiger charge is 2.27. The van der Waals surface area contributed by atoms with Crippen LogP contribution in [0.2, 0.25) is 0 Å². The first-order valence-corrected chi connectivity index (χ1v) is 9.56. The zero-order valence-electron chi connectivity index (χ0n) is 15.4. The lowest BCUT2D eigenvalue weighted by molar-refractivity contribution is -0.118. The fourth-order valence-corrected chi connectivity index (χ4v) is 4.10. The first kappa shape index (κ1) is 21.1. The Balaban J connectivity index is 0.00000261. The van der Waals surface area contributed by atoms with E-state index in [-0.39, 0.29) is 29.5 Å². The average molecular weight is 406 g/mol. The van der Waals surface area contributed by atoms with E-state index in [0.717, 1.165) is 46.9 Å². The molecule has 5 nitrogen and oxygen atoms in total. The third-order valence-corrected chi connectivity index (χ3v) is 5.49. The lowest BCUT2D eigenvalue weighted by atomic mass is 9.99. The van der Waals surface area contributed by atoms with Gasteiger partial charge in [0.1, 0.15) is 0 Å². The van der Waals surface area contributed by atoms with Gasteiger partial charge >= 0.3 is 0 Å². The van der Waals surface area contributed by atoms with E-state index in [1.165, 1.54) is 18.7 Å². The maximum Gasteiger partial charge on any atom is 0.240 e. The molecule has 0 aliphatic carbocycles. The summed E-state index contributed by atoms with van der Waals surface area (Å²) in [6, 6.07) is 13.3. The minimum Gasteiger partial charge on any atom is -0.398 e. The molecule has 7 heteroatoms. The molecular formula is C20H24ClN3O2S. The molecule has 27 heavy (non-hydrogen) atoms. The van der Waals surface area contributed by atoms with Gasteiger partial charge in [0.2, 0.25) is 11.8 Å². The van der Waals surface area contributed by atoms with E-state index in [0.29, 0.717) is 0 Å². The van der Waals surface area contributed by atoms with E-state index in [1.54, 1.807) is 0 Å². The summed E-state index contributed by atoms with van der Waals surface area (Å²) in [6.07, 6.45) is 1.84. The Morgan fingerprint density at radius 2 is 1.89 bits per heavy atom. The van der Waals surface area contributed by atoms with Crippen molar-refractivity contribution >= 4 is 53.0 Å². The molecule has 3 N–H and O–H groups in total. The zero-order chi connectivity index (χ0) is 18.7. The van der Waals surface area contributed by atoms with E-state index < -0.39 is 0 Å². The van der Waals surface area contributed by atoms with Crippen molar-refractivity contribution in [3.8, 4) is 0 Å². The second-order valence-corrected chi connectivity index (χ2v) is 7.82. The van der Waals surface area contributed by atoms with Crippen LogP contribution in [0.15, 0.2) is 47.4 Å². The number of benzene rings is 2. The van der Waals surface area contributed by atoms with Crippen molar-refractivity contribution in [1.29, 1.82) is 0 Å². The Hall–Kier alpha value is -2.18. The van der Waals surface area contributed by atoms with Gasteiger partial charge in [0, 0.05) is 35.4 Å². The maximum absolute atomic E-state index is 13.0. The number of nitrogen functional groups attached to an aromatic ring is 1. The molecule has 0 saturated heterocycles. The molecule has 2 aromatic carbocycles. The summed E-state index contributed by atoms with van der Waals surface area (Å²) >= 11 is 1.52. The third kappa shape index (κ3) is 4.96. The number of rotatable bonds is 4. The summed E-state index contributed by atoms with van der Waals surface area (Å²) in [4.78, 5) is 26.9. The number of fused-ring (bicyclic) bond motifs is 1. The summed E-state index contributed by atoms with van der Waals surface area (Å²) in [5.41, 5.74) is 9.60. The van der Waals surface area contributed by atoms with Crippen LogP contribution >= 0.6 is 24.2 Å². The van der Waals surface area contributed by atoms with Gasteiger partial charge in [0.05, 0.1) is 5.25 Å². The fraction of sp³-hybridized carbons (Fsp3) is 0.300. The molecule has 1 aliphatic heterocycles. The molecule has 0 fully saturated rings. The van der Waals surface area contributed by atoms with E-state index in [2.05, 4.69) is 5.32 Å². The summed E-state index contributed by atoms with van der Waals surface area (Å²) in [6.45, 7) is 4.13. The number of nitrogens with zero attached hydrogens (tertiary/aromatic N) is 1. The van der Waals surface area contributed by atoms with Crippen LogP contribution in [-0.4, -0.2) is 23.6 Å². The van der Waals surface area contributed by atoms with Crippen molar-refractivity contribution in [1.82, 2.24) is 0 Å². The summed E-state index contributed by atoms with van der Waals surface area (Å²) in [7, 11) is 0. The second kappa shape index (κ2) is 9.15. The Labute approximate surface area is 170 Å². The topological polar surface area (TPSA) is 75.4 Å². The SMILES string of the molecule is CC(=O)Nc1ccc(SC(C)C(=O)N2CCCc3c(N)cccc32)cc1.Cl. The quantitative estimate of drug-likeness (QED) is 0.592. The molecule has 2 aromatic rings. The van der Waals surface area contributed by atoms with Crippen LogP contribution in [-0.2, 0) is 16.0 Å². The van der Waals surface area contributed by atoms with E-state index >= 15 is 0 Å². The van der Waals surface area contributed by atoms with Crippen LogP contribution in [0.1, 0.15) is 25.8 Å². The number of amides is 2. The summed E-state index contributed by atoms with van der Waals surface area (Å²) in [5, 5.41) is 2.53. The van der Waals surface area contributed by atoms with Gasteiger partial charge in [0.25, 0.3) is 0 Å². The van der Waals surface area contributed by atoms with Gasteiger partial charge in [-0.2, -0.15) is 0 Å². The highest BCUT2D eigenvalue weighted by molar-refractivity contribution is 8.00. The van der Waals surface area contributed by atoms with Gasteiger partial charge in [-0.15, -0.1) is 24.2 Å². The molecule has 1 unspecified atom stereocenters. The fourth-order valence-electron chi connectivity index (χ4n) is 3.17. The molecule has 1 atom stereocenters. The molecule has 2 amide bonds. The van der Waals surface area contributed by atoms with Crippen molar-refractivity contribution in [2.75, 3.05) is 22.5 Å². The van der Waals surface area contributed by atoms with Crippen LogP contribution in [0.3, 0.4) is 0 Å². The molecular weight excluding hydrogens is 382 g/mol. The van der Waals surface area contributed by atoms with Crippen molar-refractivity contribution in [2.45, 2.75) is 36.8 Å². The van der Waals surface area contributed by atoms with Gasteiger partial charge in [-0.25, -0.2) is 0 Å². The highest BCUT2D eigenvalue weighted by Crippen LogP contribution is 2.34. The lowest BCUT2D eigenvalue weighted by Crippen LogP contribution is -2.40. The highest BCUT2D eigenvalue weighted by atomic mass is 35.5. The number of hydrogen-bond acceptors (Lipinski definition) is 4. The zero-order valence-corrected chi connectivity index (χ0v) is 17.0. The number of nitrogens with two attached hydrogens (primary N) is 1. The van der Waals surface area contributed by atoms with Gasteiger partial charge in [-0.05, 0) is 61.7 Å². The Kier molecular flexibility index (Phi) is 7.16. The number of carbonyl (C=O) groups excluding carboxylic acids is 2. The Morgan fingerprint density at radius 3 is 2.56 bits per heavy atom. The molecule has 3 rings (SSSR count). The predicted octanol–water partition coefficient (Wildman–Crippen LogP) is 4.11. The Bertz CT molecular complexity index is 826. The first-order valence-electron chi connectivity index (χ1n) is 8.69. The predicted molar refractivity (Wildman–Crippen MR) is 115 cm³/mol. The van der Waals surface area contributed by atoms with Crippen molar-refractivity contribution in [3.05, 3.63) is 48.0 Å². The molecule has 0 aromatic heterocycles. The normalized spacial score (nSPS) is 13.9. The van der Waals surface area contributed by atoms with Crippen LogP contribution in [0.4, 0.5) is 17.1 Å². The van der Waals surface area contributed by atoms with Crippen LogP contribution in [0.25, 0.3) is 0 Å². The maximum atomic E-state index is 13.0. The molecule has 0 bridgehead atoms. The number of anilines is 3. The van der Waals surface area contributed by atoms with Crippen LogP contribution < -0.4 is 16.0 Å². The third-order valence-electron chi connectivity index (χ3n) is 4.39. The largest absolute Gasteiger partial charge is 0.398 e. The Morgan fingerprint density at radius 1 is 1.19 bits per heavy atom. The molecule has 0 spiro atoms. The van der Waals surface area contributed by atoms with Crippen LogP contribution in [0.5, 0.6) is 0 Å². The van der Waals surface area contributed by atoms with Gasteiger partial charge < -0.3 is 16.0 Å². The smallest absolute Gasteiger partial charge is 0.240 e. The number of hydrogen-bond donors (Lipinski definition) is 2. The molecule has 1 heterocycles. The standard InChI is InChI=1S/C20H23N3O2S.ClH/c1-13(26-16-10-8-15(9-11-16)22-14(2)24)20(25)23-12-4-5-17-18(21)6-3-7-19(17)23;/h3,6-11,13H,4-5,12,21H2,1-2H3,(H,22,24);1H. The number of halogens is 1.